The summed E-state index contributed by atoms with van der Waals surface area (Å²) in [5.41, 5.74) is -0.678. The van der Waals surface area contributed by atoms with E-state index >= 15 is 0 Å². The minimum Gasteiger partial charge on any atom is -0.497 e. The molecule has 296 valence electrons. The van der Waals surface area contributed by atoms with Gasteiger partial charge in [-0.2, -0.15) is 0 Å². The van der Waals surface area contributed by atoms with Gasteiger partial charge in [0.15, 0.2) is 18.4 Å². The van der Waals surface area contributed by atoms with Crippen LogP contribution in [0, 0.1) is 10.1 Å². The molecule has 0 aromatic heterocycles. The summed E-state index contributed by atoms with van der Waals surface area (Å²) in [7, 11) is 1.41. The zero-order valence-corrected chi connectivity index (χ0v) is 30.4. The monoisotopic (exact) mass is 773 g/mol. The molecule has 2 aromatic rings. The molecule has 3 aliphatic rings. The molecule has 55 heavy (non-hydrogen) atoms. The average Bonchev–Trinajstić information content (AvgIpc) is 3.59. The predicted molar refractivity (Wildman–Crippen MR) is 181 cm³/mol. The van der Waals surface area contributed by atoms with Crippen LogP contribution in [0.4, 0.5) is 16.2 Å². The molecule has 3 aliphatic heterocycles. The second-order valence-corrected chi connectivity index (χ2v) is 12.6. The Morgan fingerprint density at radius 2 is 1.60 bits per heavy atom. The van der Waals surface area contributed by atoms with Crippen LogP contribution >= 0.6 is 0 Å². The Morgan fingerprint density at radius 1 is 0.927 bits per heavy atom. The Labute approximate surface area is 313 Å². The molecule has 2 saturated heterocycles. The normalized spacial score (nSPS) is 24.3. The van der Waals surface area contributed by atoms with Crippen molar-refractivity contribution in [3.63, 3.8) is 0 Å². The number of fused-ring (bicyclic) bond motifs is 2. The number of nitro groups is 1. The van der Waals surface area contributed by atoms with Crippen LogP contribution in [-0.2, 0) is 54.2 Å². The minimum absolute atomic E-state index is 0.0331. The summed E-state index contributed by atoms with van der Waals surface area (Å²) in [4.78, 5) is 89.7. The van der Waals surface area contributed by atoms with Gasteiger partial charge in [-0.05, 0) is 31.0 Å². The number of hydrogen-bond donors (Lipinski definition) is 1. The number of amides is 2. The van der Waals surface area contributed by atoms with E-state index in [-0.39, 0.29) is 16.8 Å². The van der Waals surface area contributed by atoms with E-state index in [1.54, 1.807) is 0 Å². The smallest absolute Gasteiger partial charge is 0.416 e. The summed E-state index contributed by atoms with van der Waals surface area (Å²) in [5, 5.41) is 23.8. The van der Waals surface area contributed by atoms with Crippen molar-refractivity contribution >= 4 is 47.3 Å². The molecule has 0 saturated carbocycles. The first-order valence-electron chi connectivity index (χ1n) is 17.0. The van der Waals surface area contributed by atoms with Crippen LogP contribution < -0.4 is 14.4 Å². The van der Waals surface area contributed by atoms with E-state index in [0.717, 1.165) is 38.7 Å². The molecule has 2 aromatic carbocycles. The molecule has 20 nitrogen and oxygen atoms in total. The summed E-state index contributed by atoms with van der Waals surface area (Å²) in [5.74, 6) is -4.13. The fourth-order valence-corrected chi connectivity index (χ4v) is 6.63. The van der Waals surface area contributed by atoms with Crippen LogP contribution in [-0.4, -0.2) is 114 Å². The number of ether oxygens (including phenoxy) is 8. The van der Waals surface area contributed by atoms with Crippen LogP contribution in [0.5, 0.6) is 11.5 Å². The average molecular weight is 774 g/mol. The van der Waals surface area contributed by atoms with Gasteiger partial charge in [0.25, 0.3) is 5.91 Å². The van der Waals surface area contributed by atoms with Crippen molar-refractivity contribution in [3.8, 4) is 11.5 Å². The lowest BCUT2D eigenvalue weighted by Crippen LogP contribution is -2.63. The number of carbonyl (C=O) groups is 6. The van der Waals surface area contributed by atoms with Crippen molar-refractivity contribution in [3.05, 3.63) is 57.6 Å². The molecule has 1 N–H and O–H groups in total. The number of carbonyl (C=O) groups excluding carboxylic acids is 6. The van der Waals surface area contributed by atoms with Crippen molar-refractivity contribution < 1.29 is 76.7 Å². The molecule has 0 radical (unpaired) electrons. The molecular formula is C35H39N3O17. The third kappa shape index (κ3) is 8.86. The van der Waals surface area contributed by atoms with Gasteiger partial charge in [-0.25, -0.2) is 9.69 Å². The highest BCUT2D eigenvalue weighted by Gasteiger charge is 2.54. The number of para-hydroxylation sites is 1. The summed E-state index contributed by atoms with van der Waals surface area (Å²) < 4.78 is 44.2. The Balaban J connectivity index is 1.51. The maximum absolute atomic E-state index is 13.9. The van der Waals surface area contributed by atoms with Crippen LogP contribution in [0.15, 0.2) is 36.4 Å². The zero-order valence-electron chi connectivity index (χ0n) is 30.4. The number of rotatable bonds is 11. The summed E-state index contributed by atoms with van der Waals surface area (Å²) >= 11 is 0. The largest absolute Gasteiger partial charge is 0.497 e. The van der Waals surface area contributed by atoms with Gasteiger partial charge in [0, 0.05) is 45.9 Å². The number of esters is 4. The lowest BCUT2D eigenvalue weighted by atomic mass is 9.98. The maximum Gasteiger partial charge on any atom is 0.416 e. The number of methoxy groups -OCH3 is 1. The summed E-state index contributed by atoms with van der Waals surface area (Å²) in [6.45, 7) is 3.20. The highest BCUT2D eigenvalue weighted by molar-refractivity contribution is 6.05. The zero-order chi connectivity index (χ0) is 40.1. The molecular weight excluding hydrogens is 734 g/mol. The fraction of sp³-hybridized carbons (Fsp3) is 0.486. The van der Waals surface area contributed by atoms with E-state index in [9.17, 15) is 44.0 Å². The van der Waals surface area contributed by atoms with Gasteiger partial charge in [0.1, 0.15) is 25.1 Å². The molecule has 2 fully saturated rings. The molecule has 0 spiro atoms. The first-order chi connectivity index (χ1) is 26.1. The highest BCUT2D eigenvalue weighted by Crippen LogP contribution is 2.39. The molecule has 3 heterocycles. The third-order valence-electron chi connectivity index (χ3n) is 8.86. The van der Waals surface area contributed by atoms with Crippen molar-refractivity contribution in [2.45, 2.75) is 90.1 Å². The van der Waals surface area contributed by atoms with E-state index in [2.05, 4.69) is 0 Å². The second kappa shape index (κ2) is 17.0. The molecule has 5 rings (SSSR count). The Morgan fingerprint density at radius 3 is 2.24 bits per heavy atom. The molecule has 7 atom stereocenters. The van der Waals surface area contributed by atoms with Gasteiger partial charge in [-0.15, -0.1) is 0 Å². The van der Waals surface area contributed by atoms with E-state index in [4.69, 9.17) is 37.9 Å². The van der Waals surface area contributed by atoms with Crippen LogP contribution in [0.3, 0.4) is 0 Å². The topological polar surface area (TPSA) is 246 Å². The SMILES string of the molecule is COc1ccc2c(c1)C(=O)N1CCCC1[C@H](O)N2C(=O)OCc1cccc([N+](=O)[O-])c1OC1O[C@H](COC(C)=O)[C@H](OC(C)=O)[C@H](OC(C)=O)[C@H]1OC(C)=O. The van der Waals surface area contributed by atoms with Crippen molar-refractivity contribution in [2.75, 3.05) is 25.2 Å². The minimum atomic E-state index is -1.86. The van der Waals surface area contributed by atoms with Crippen molar-refractivity contribution in [2.24, 2.45) is 0 Å². The number of benzene rings is 2. The Bertz CT molecular complexity index is 1850. The van der Waals surface area contributed by atoms with E-state index in [1.165, 1.54) is 42.3 Å². The van der Waals surface area contributed by atoms with Crippen molar-refractivity contribution in [1.82, 2.24) is 4.90 Å². The number of aliphatic hydroxyl groups is 1. The first kappa shape index (κ1) is 40.2. The van der Waals surface area contributed by atoms with Gasteiger partial charge in [0.2, 0.25) is 18.1 Å². The molecule has 2 amide bonds. The van der Waals surface area contributed by atoms with E-state index in [0.29, 0.717) is 25.1 Å². The van der Waals surface area contributed by atoms with Gasteiger partial charge in [-0.1, -0.05) is 12.1 Å². The summed E-state index contributed by atoms with van der Waals surface area (Å²) in [6.07, 6.45) is -9.89. The molecule has 0 bridgehead atoms. The number of hydrogen-bond acceptors (Lipinski definition) is 17. The number of nitro benzene ring substituents is 1. The van der Waals surface area contributed by atoms with Gasteiger partial charge in [0.05, 0.1) is 29.3 Å². The van der Waals surface area contributed by atoms with Gasteiger partial charge in [-0.3, -0.25) is 34.1 Å². The van der Waals surface area contributed by atoms with Crippen LogP contribution in [0.25, 0.3) is 0 Å². The maximum atomic E-state index is 13.9. The molecule has 2 unspecified atom stereocenters. The lowest BCUT2D eigenvalue weighted by molar-refractivity contribution is -0.387. The standard InChI is InChI=1S/C35H39N3O17/c1-17(39)49-16-27-29(51-18(2)40)30(52-19(3)41)31(53-20(4)42)34(54-27)55-28-21(8-6-9-25(28)38(46)47)15-50-35(45)37-24-12-11-22(48-5)14-23(24)32(43)36-13-7-10-26(36)33(37)44/h6,8-9,11-12,14,26-27,29-31,33-34,44H,7,10,13,15-16H2,1-5H3/t26?,27-,29+,30+,31-,33+,34?/m1/s1. The number of anilines is 1. The molecule has 20 heteroatoms. The van der Waals surface area contributed by atoms with Crippen LogP contribution in [0.1, 0.15) is 56.5 Å². The Kier molecular flexibility index (Phi) is 12.4. The highest BCUT2D eigenvalue weighted by atomic mass is 16.7. The Hall–Kier alpha value is -6.02. The van der Waals surface area contributed by atoms with Gasteiger partial charge >= 0.3 is 35.7 Å². The first-order valence-corrected chi connectivity index (χ1v) is 17.0. The second-order valence-electron chi connectivity index (χ2n) is 12.6. The van der Waals surface area contributed by atoms with E-state index in [1.807, 2.05) is 0 Å². The number of nitrogens with zero attached hydrogens (tertiary/aromatic N) is 3. The lowest BCUT2D eigenvalue weighted by Gasteiger charge is -2.43. The van der Waals surface area contributed by atoms with Gasteiger partial charge < -0.3 is 47.9 Å². The number of aliphatic hydroxyl groups excluding tert-OH is 1. The van der Waals surface area contributed by atoms with E-state index < -0.39 is 108 Å². The summed E-state index contributed by atoms with van der Waals surface area (Å²) in [6, 6.07) is 7.25. The quantitative estimate of drug-likeness (QED) is 0.149. The molecule has 0 aliphatic carbocycles. The fourth-order valence-electron chi connectivity index (χ4n) is 6.63. The van der Waals surface area contributed by atoms with Crippen LogP contribution in [0.2, 0.25) is 0 Å². The van der Waals surface area contributed by atoms with Crippen molar-refractivity contribution in [1.29, 1.82) is 0 Å². The predicted octanol–water partition coefficient (Wildman–Crippen LogP) is 2.15. The third-order valence-corrected chi connectivity index (χ3v) is 8.86.